The Balaban J connectivity index is 1.67. The van der Waals surface area contributed by atoms with E-state index in [-0.39, 0.29) is 11.8 Å². The second kappa shape index (κ2) is 7.29. The number of furan rings is 1. The van der Waals surface area contributed by atoms with Crippen molar-refractivity contribution in [1.29, 1.82) is 0 Å². The molecule has 132 valence electrons. The van der Waals surface area contributed by atoms with Crippen LogP contribution in [0.25, 0.3) is 0 Å². The Hall–Kier alpha value is -2.96. The largest absolute Gasteiger partial charge is 0.497 e. The molecule has 3 rings (SSSR count). The number of rotatable bonds is 4. The molecule has 1 aromatic carbocycles. The minimum Gasteiger partial charge on any atom is -0.497 e. The molecule has 0 N–H and O–H groups in total. The van der Waals surface area contributed by atoms with E-state index in [9.17, 15) is 9.59 Å². The van der Waals surface area contributed by atoms with Crippen LogP contribution >= 0.6 is 0 Å². The summed E-state index contributed by atoms with van der Waals surface area (Å²) in [6.45, 7) is 1.90. The van der Waals surface area contributed by atoms with Crippen molar-refractivity contribution < 1.29 is 23.5 Å². The number of ether oxygens (including phenoxy) is 2. The summed E-state index contributed by atoms with van der Waals surface area (Å²) in [6, 6.07) is 6.76. The van der Waals surface area contributed by atoms with Gasteiger partial charge in [0.25, 0.3) is 11.8 Å². The Bertz CT molecular complexity index is 749. The van der Waals surface area contributed by atoms with Crippen LogP contribution in [0.1, 0.15) is 20.7 Å². The first-order chi connectivity index (χ1) is 12.1. The van der Waals surface area contributed by atoms with Crippen LogP contribution in [0.3, 0.4) is 0 Å². The number of hydrogen-bond acceptors (Lipinski definition) is 5. The third kappa shape index (κ3) is 3.45. The van der Waals surface area contributed by atoms with E-state index in [1.807, 2.05) is 0 Å². The molecular weight excluding hydrogens is 324 g/mol. The van der Waals surface area contributed by atoms with Gasteiger partial charge in [0.05, 0.1) is 31.6 Å². The summed E-state index contributed by atoms with van der Waals surface area (Å²) >= 11 is 0. The van der Waals surface area contributed by atoms with Crippen molar-refractivity contribution in [2.45, 2.75) is 0 Å². The fraction of sp³-hybridized carbons (Fsp3) is 0.333. The fourth-order valence-corrected chi connectivity index (χ4v) is 2.83. The van der Waals surface area contributed by atoms with E-state index in [1.54, 1.807) is 41.2 Å². The second-order valence-corrected chi connectivity index (χ2v) is 5.66. The first-order valence-corrected chi connectivity index (χ1v) is 7.97. The third-order valence-corrected chi connectivity index (χ3v) is 4.26. The van der Waals surface area contributed by atoms with Crippen LogP contribution in [0.5, 0.6) is 11.5 Å². The third-order valence-electron chi connectivity index (χ3n) is 4.26. The number of nitrogens with zero attached hydrogens (tertiary/aromatic N) is 2. The van der Waals surface area contributed by atoms with Gasteiger partial charge in [-0.05, 0) is 18.2 Å². The van der Waals surface area contributed by atoms with Gasteiger partial charge in [0.15, 0.2) is 0 Å². The molecule has 2 heterocycles. The van der Waals surface area contributed by atoms with E-state index in [4.69, 9.17) is 13.9 Å². The van der Waals surface area contributed by atoms with Crippen LogP contribution in [-0.4, -0.2) is 62.0 Å². The lowest BCUT2D eigenvalue weighted by molar-refractivity contribution is 0.0533. The van der Waals surface area contributed by atoms with E-state index >= 15 is 0 Å². The molecule has 1 fully saturated rings. The second-order valence-electron chi connectivity index (χ2n) is 5.66. The molecule has 25 heavy (non-hydrogen) atoms. The highest BCUT2D eigenvalue weighted by molar-refractivity contribution is 5.98. The fourth-order valence-electron chi connectivity index (χ4n) is 2.83. The minimum absolute atomic E-state index is 0.0807. The Kier molecular flexibility index (Phi) is 4.92. The van der Waals surface area contributed by atoms with Crippen molar-refractivity contribution in [3.8, 4) is 11.5 Å². The summed E-state index contributed by atoms with van der Waals surface area (Å²) in [5, 5.41) is 0. The maximum absolute atomic E-state index is 12.8. The lowest BCUT2D eigenvalue weighted by Crippen LogP contribution is -2.50. The highest BCUT2D eigenvalue weighted by atomic mass is 16.5. The van der Waals surface area contributed by atoms with Crippen molar-refractivity contribution in [3.05, 3.63) is 47.9 Å². The topological polar surface area (TPSA) is 72.2 Å². The number of carbonyl (C=O) groups is 2. The summed E-state index contributed by atoms with van der Waals surface area (Å²) < 4.78 is 15.4. The lowest BCUT2D eigenvalue weighted by atomic mass is 10.1. The molecular formula is C18H20N2O5. The molecule has 1 aliphatic heterocycles. The summed E-state index contributed by atoms with van der Waals surface area (Å²) in [7, 11) is 3.08. The smallest absolute Gasteiger partial charge is 0.257 e. The number of methoxy groups -OCH3 is 2. The number of piperazine rings is 1. The van der Waals surface area contributed by atoms with Crippen LogP contribution in [0.15, 0.2) is 41.2 Å². The standard InChI is InChI=1S/C18H20N2O5/c1-23-14-3-4-15(16(11-14)24-2)18(22)20-8-6-19(7-9-20)17(21)13-5-10-25-12-13/h3-5,10-12H,6-9H2,1-2H3. The van der Waals surface area contributed by atoms with E-state index in [2.05, 4.69) is 0 Å². The zero-order valence-electron chi connectivity index (χ0n) is 14.2. The van der Waals surface area contributed by atoms with Gasteiger partial charge in [0.2, 0.25) is 0 Å². The van der Waals surface area contributed by atoms with E-state index < -0.39 is 0 Å². The van der Waals surface area contributed by atoms with Crippen molar-refractivity contribution >= 4 is 11.8 Å². The molecule has 7 heteroatoms. The maximum atomic E-state index is 12.8. The summed E-state index contributed by atoms with van der Waals surface area (Å²) in [6.07, 6.45) is 2.91. The maximum Gasteiger partial charge on any atom is 0.257 e. The Morgan fingerprint density at radius 3 is 2.20 bits per heavy atom. The molecule has 0 bridgehead atoms. The molecule has 2 aromatic rings. The van der Waals surface area contributed by atoms with Crippen LogP contribution in [-0.2, 0) is 0 Å². The van der Waals surface area contributed by atoms with Crippen LogP contribution in [0.2, 0.25) is 0 Å². The molecule has 1 saturated heterocycles. The van der Waals surface area contributed by atoms with Gasteiger partial charge in [-0.1, -0.05) is 0 Å². The highest BCUT2D eigenvalue weighted by Crippen LogP contribution is 2.26. The van der Waals surface area contributed by atoms with E-state index in [0.29, 0.717) is 48.8 Å². The van der Waals surface area contributed by atoms with Crippen LogP contribution < -0.4 is 9.47 Å². The van der Waals surface area contributed by atoms with Gasteiger partial charge >= 0.3 is 0 Å². The van der Waals surface area contributed by atoms with Gasteiger partial charge in [-0.3, -0.25) is 9.59 Å². The molecule has 0 radical (unpaired) electrons. The van der Waals surface area contributed by atoms with Gasteiger partial charge in [0.1, 0.15) is 17.8 Å². The average Bonchev–Trinajstić information content (AvgIpc) is 3.21. The average molecular weight is 344 g/mol. The van der Waals surface area contributed by atoms with E-state index in [1.165, 1.54) is 19.6 Å². The van der Waals surface area contributed by atoms with Gasteiger partial charge in [-0.15, -0.1) is 0 Å². The number of amides is 2. The van der Waals surface area contributed by atoms with Crippen LogP contribution in [0.4, 0.5) is 0 Å². The molecule has 7 nitrogen and oxygen atoms in total. The molecule has 1 aliphatic rings. The zero-order valence-corrected chi connectivity index (χ0v) is 14.2. The summed E-state index contributed by atoms with van der Waals surface area (Å²) in [5.74, 6) is 0.906. The SMILES string of the molecule is COc1ccc(C(=O)N2CCN(C(=O)c3ccoc3)CC2)c(OC)c1. The van der Waals surface area contributed by atoms with E-state index in [0.717, 1.165) is 0 Å². The van der Waals surface area contributed by atoms with Crippen molar-refractivity contribution in [2.24, 2.45) is 0 Å². The predicted octanol–water partition coefficient (Wildman–Crippen LogP) is 1.90. The molecule has 1 aromatic heterocycles. The molecule has 2 amide bonds. The first-order valence-electron chi connectivity index (χ1n) is 7.97. The first kappa shape index (κ1) is 16.9. The Morgan fingerprint density at radius 2 is 1.64 bits per heavy atom. The molecule has 0 saturated carbocycles. The number of carbonyl (C=O) groups excluding carboxylic acids is 2. The Labute approximate surface area is 145 Å². The predicted molar refractivity (Wildman–Crippen MR) is 90.1 cm³/mol. The molecule has 0 atom stereocenters. The van der Waals surface area contributed by atoms with Crippen molar-refractivity contribution in [1.82, 2.24) is 9.80 Å². The van der Waals surface area contributed by atoms with Gasteiger partial charge in [-0.25, -0.2) is 0 Å². The van der Waals surface area contributed by atoms with Crippen molar-refractivity contribution in [2.75, 3.05) is 40.4 Å². The zero-order chi connectivity index (χ0) is 17.8. The summed E-state index contributed by atoms with van der Waals surface area (Å²) in [5.41, 5.74) is 1.01. The molecule has 0 aliphatic carbocycles. The molecule has 0 spiro atoms. The van der Waals surface area contributed by atoms with Gasteiger partial charge in [-0.2, -0.15) is 0 Å². The van der Waals surface area contributed by atoms with Crippen LogP contribution in [0, 0.1) is 0 Å². The normalized spacial score (nSPS) is 14.3. The summed E-state index contributed by atoms with van der Waals surface area (Å²) in [4.78, 5) is 28.5. The number of benzene rings is 1. The Morgan fingerprint density at radius 1 is 0.960 bits per heavy atom. The minimum atomic E-state index is -0.116. The van der Waals surface area contributed by atoms with Gasteiger partial charge < -0.3 is 23.7 Å². The lowest BCUT2D eigenvalue weighted by Gasteiger charge is -2.34. The van der Waals surface area contributed by atoms with Crippen molar-refractivity contribution in [3.63, 3.8) is 0 Å². The number of hydrogen-bond donors (Lipinski definition) is 0. The monoisotopic (exact) mass is 344 g/mol. The highest BCUT2D eigenvalue weighted by Gasteiger charge is 2.27. The van der Waals surface area contributed by atoms with Gasteiger partial charge in [0, 0.05) is 32.2 Å². The molecule has 0 unspecified atom stereocenters. The quantitative estimate of drug-likeness (QED) is 0.847.